The van der Waals surface area contributed by atoms with Crippen LogP contribution < -0.4 is 0 Å². The van der Waals surface area contributed by atoms with E-state index in [9.17, 15) is 4.79 Å². The van der Waals surface area contributed by atoms with E-state index in [1.54, 1.807) is 13.1 Å². The number of carbonyl (C=O) groups is 1. The molecule has 0 saturated carbocycles. The van der Waals surface area contributed by atoms with E-state index in [1.165, 1.54) is 12.2 Å². The molecule has 0 saturated heterocycles. The summed E-state index contributed by atoms with van der Waals surface area (Å²) in [6.07, 6.45) is 4.43. The molecule has 0 N–H and O–H groups in total. The molecule has 1 unspecified atom stereocenters. The molecular weight excluding hydrogens is 282 g/mol. The maximum absolute atomic E-state index is 11.7. The first-order chi connectivity index (χ1) is 9.85. The van der Waals surface area contributed by atoms with Crippen molar-refractivity contribution in [3.05, 3.63) is 12.2 Å². The molecule has 1 amide bonds. The minimum Gasteiger partial charge on any atom is -0.413 e. The normalized spacial score (nSPS) is 13.9. The second kappa shape index (κ2) is 10.1. The molecule has 0 aromatic carbocycles. The highest BCUT2D eigenvalue weighted by Crippen LogP contribution is 2.27. The van der Waals surface area contributed by atoms with Crippen molar-refractivity contribution in [1.29, 1.82) is 0 Å². The van der Waals surface area contributed by atoms with Crippen molar-refractivity contribution in [2.24, 2.45) is 5.92 Å². The lowest BCUT2D eigenvalue weighted by molar-refractivity contribution is -0.162. The molecule has 0 aliphatic rings. The molecule has 0 heterocycles. The van der Waals surface area contributed by atoms with Gasteiger partial charge < -0.3 is 4.43 Å². The zero-order valence-corrected chi connectivity index (χ0v) is 15.8. The van der Waals surface area contributed by atoms with Crippen LogP contribution >= 0.6 is 0 Å². The van der Waals surface area contributed by atoms with Crippen LogP contribution in [0.1, 0.15) is 41.0 Å². The van der Waals surface area contributed by atoms with Crippen LogP contribution in [-0.4, -0.2) is 39.5 Å². The summed E-state index contributed by atoms with van der Waals surface area (Å²) in [4.78, 5) is 16.5. The average Bonchev–Trinajstić information content (AvgIpc) is 2.49. The minimum absolute atomic E-state index is 0.148. The second-order valence-electron chi connectivity index (χ2n) is 5.80. The van der Waals surface area contributed by atoms with Gasteiger partial charge >= 0.3 is 0 Å². The van der Waals surface area contributed by atoms with Crippen molar-refractivity contribution in [3.8, 4) is 0 Å². The molecule has 0 radical (unpaired) electrons. The predicted molar refractivity (Wildman–Crippen MR) is 90.4 cm³/mol. The molecule has 0 fully saturated rings. The Morgan fingerprint density at radius 2 is 1.71 bits per heavy atom. The maximum Gasteiger partial charge on any atom is 0.269 e. The first-order valence-electron chi connectivity index (χ1n) is 8.01. The number of likely N-dealkylation sites (N-methyl/N-ethyl adjacent to an activating group) is 1. The molecular formula is C16H33NO3Si. The van der Waals surface area contributed by atoms with Gasteiger partial charge in [-0.05, 0) is 30.5 Å². The highest BCUT2D eigenvalue weighted by atomic mass is 28.4. The zero-order valence-electron chi connectivity index (χ0n) is 14.8. The Hall–Kier alpha value is -0.653. The summed E-state index contributed by atoms with van der Waals surface area (Å²) in [5.74, 6) is 0.298. The standard InChI is InChI=1S/C16H33NO3Si/c1-8-21(9-2,10-3)20-15(14(4)5)12-11-13-16(18)17(6)19-7/h11,13-15H,8-10,12H2,1-7H3/b13-11+. The fraction of sp³-hybridized carbons (Fsp3) is 0.812. The van der Waals surface area contributed by atoms with E-state index < -0.39 is 8.32 Å². The van der Waals surface area contributed by atoms with Gasteiger partial charge in [0, 0.05) is 13.1 Å². The third kappa shape index (κ3) is 6.76. The van der Waals surface area contributed by atoms with Crippen LogP contribution in [0.25, 0.3) is 0 Å². The van der Waals surface area contributed by atoms with Gasteiger partial charge in [0.2, 0.25) is 0 Å². The Labute approximate surface area is 131 Å². The van der Waals surface area contributed by atoms with Crippen molar-refractivity contribution in [2.45, 2.75) is 65.3 Å². The molecule has 4 nitrogen and oxygen atoms in total. The first-order valence-corrected chi connectivity index (χ1v) is 10.5. The Morgan fingerprint density at radius 1 is 1.19 bits per heavy atom. The molecule has 0 rings (SSSR count). The van der Waals surface area contributed by atoms with Crippen molar-refractivity contribution in [1.82, 2.24) is 5.06 Å². The van der Waals surface area contributed by atoms with Gasteiger partial charge in [0.1, 0.15) is 0 Å². The number of nitrogens with zero attached hydrogens (tertiary/aromatic N) is 1. The number of rotatable bonds is 10. The zero-order chi connectivity index (χ0) is 16.5. The summed E-state index contributed by atoms with van der Waals surface area (Å²) in [6.45, 7) is 11.1. The maximum atomic E-state index is 11.7. The molecule has 0 aliphatic carbocycles. The highest BCUT2D eigenvalue weighted by Gasteiger charge is 2.32. The van der Waals surface area contributed by atoms with E-state index >= 15 is 0 Å². The van der Waals surface area contributed by atoms with E-state index in [0.717, 1.165) is 24.6 Å². The fourth-order valence-electron chi connectivity index (χ4n) is 2.28. The fourth-order valence-corrected chi connectivity index (χ4v) is 5.29. The molecule has 0 aromatic heterocycles. The molecule has 0 spiro atoms. The van der Waals surface area contributed by atoms with Crippen molar-refractivity contribution >= 4 is 14.2 Å². The number of carbonyl (C=O) groups excluding carboxylic acids is 1. The lowest BCUT2D eigenvalue weighted by atomic mass is 10.0. The Bertz CT molecular complexity index is 319. The molecule has 0 aliphatic heterocycles. The monoisotopic (exact) mass is 315 g/mol. The molecule has 124 valence electrons. The van der Waals surface area contributed by atoms with Crippen LogP contribution in [0.3, 0.4) is 0 Å². The van der Waals surface area contributed by atoms with Gasteiger partial charge in [0.05, 0.1) is 13.2 Å². The lowest BCUT2D eigenvalue weighted by Gasteiger charge is -2.34. The first kappa shape index (κ1) is 20.3. The van der Waals surface area contributed by atoms with Crippen molar-refractivity contribution in [3.63, 3.8) is 0 Å². The van der Waals surface area contributed by atoms with Gasteiger partial charge in [-0.2, -0.15) is 0 Å². The number of hydrogen-bond acceptors (Lipinski definition) is 3. The van der Waals surface area contributed by atoms with E-state index in [2.05, 4.69) is 34.6 Å². The topological polar surface area (TPSA) is 38.8 Å². The molecule has 0 aromatic rings. The minimum atomic E-state index is -1.60. The molecule has 21 heavy (non-hydrogen) atoms. The lowest BCUT2D eigenvalue weighted by Crippen LogP contribution is -2.41. The van der Waals surface area contributed by atoms with E-state index in [1.807, 2.05) is 6.08 Å². The van der Waals surface area contributed by atoms with Gasteiger partial charge in [-0.15, -0.1) is 0 Å². The largest absolute Gasteiger partial charge is 0.413 e. The summed E-state index contributed by atoms with van der Waals surface area (Å²) in [5, 5.41) is 1.21. The summed E-state index contributed by atoms with van der Waals surface area (Å²) in [7, 11) is 1.48. The SMILES string of the molecule is CC[Si](CC)(CC)OC(C/C=C/C(=O)N(C)OC)C(C)C. The van der Waals surface area contributed by atoms with Gasteiger partial charge in [0.15, 0.2) is 8.32 Å². The predicted octanol–water partition coefficient (Wildman–Crippen LogP) is 4.00. The van der Waals surface area contributed by atoms with E-state index in [-0.39, 0.29) is 12.0 Å². The Kier molecular flexibility index (Phi) is 9.82. The Morgan fingerprint density at radius 3 is 2.10 bits per heavy atom. The Balaban J connectivity index is 4.71. The number of amides is 1. The average molecular weight is 316 g/mol. The second-order valence-corrected chi connectivity index (χ2v) is 10.5. The molecule has 5 heteroatoms. The van der Waals surface area contributed by atoms with Crippen LogP contribution in [-0.2, 0) is 14.1 Å². The third-order valence-corrected chi connectivity index (χ3v) is 8.96. The van der Waals surface area contributed by atoms with Gasteiger partial charge in [-0.3, -0.25) is 9.63 Å². The summed E-state index contributed by atoms with van der Waals surface area (Å²) >= 11 is 0. The van der Waals surface area contributed by atoms with Crippen LogP contribution in [0.15, 0.2) is 12.2 Å². The van der Waals surface area contributed by atoms with E-state index in [0.29, 0.717) is 5.92 Å². The van der Waals surface area contributed by atoms with Crippen LogP contribution in [0.2, 0.25) is 18.1 Å². The van der Waals surface area contributed by atoms with Gasteiger partial charge in [-0.1, -0.05) is 40.7 Å². The smallest absolute Gasteiger partial charge is 0.269 e. The summed E-state index contributed by atoms with van der Waals surface area (Å²) in [5.41, 5.74) is 0. The summed E-state index contributed by atoms with van der Waals surface area (Å²) in [6, 6.07) is 3.45. The van der Waals surface area contributed by atoms with Crippen molar-refractivity contribution < 1.29 is 14.1 Å². The third-order valence-electron chi connectivity index (χ3n) is 4.29. The van der Waals surface area contributed by atoms with Crippen molar-refractivity contribution in [2.75, 3.05) is 14.2 Å². The quantitative estimate of drug-likeness (QED) is 0.347. The van der Waals surface area contributed by atoms with E-state index in [4.69, 9.17) is 9.26 Å². The van der Waals surface area contributed by atoms with Gasteiger partial charge in [0.25, 0.3) is 5.91 Å². The van der Waals surface area contributed by atoms with Crippen LogP contribution in [0, 0.1) is 5.92 Å². The van der Waals surface area contributed by atoms with Gasteiger partial charge in [-0.25, -0.2) is 5.06 Å². The van der Waals surface area contributed by atoms with Crippen LogP contribution in [0.5, 0.6) is 0 Å². The highest BCUT2D eigenvalue weighted by molar-refractivity contribution is 6.73. The number of hydrogen-bond donors (Lipinski definition) is 0. The van der Waals surface area contributed by atoms with Crippen LogP contribution in [0.4, 0.5) is 0 Å². The number of hydroxylamine groups is 2. The molecule has 0 bridgehead atoms. The molecule has 1 atom stereocenters. The summed E-state index contributed by atoms with van der Waals surface area (Å²) < 4.78 is 6.55.